The third kappa shape index (κ3) is 1.46. The Bertz CT molecular complexity index is 623. The first-order chi connectivity index (χ1) is 7.83. The number of aryl methyl sites for hydroxylation is 1. The van der Waals surface area contributed by atoms with Crippen LogP contribution in [0, 0.1) is 6.92 Å². The van der Waals surface area contributed by atoms with Crippen LogP contribution >= 0.6 is 0 Å². The molecule has 0 unspecified atom stereocenters. The van der Waals surface area contributed by atoms with E-state index in [0.29, 0.717) is 0 Å². The Hall–Kier alpha value is -2.16. The minimum atomic E-state index is 0.988. The summed E-state index contributed by atoms with van der Waals surface area (Å²) in [6, 6.07) is 10.3. The fourth-order valence-corrected chi connectivity index (χ4v) is 1.73. The average Bonchev–Trinajstić information content (AvgIpc) is 2.77. The summed E-state index contributed by atoms with van der Waals surface area (Å²) in [6.07, 6.45) is 3.70. The first-order valence-corrected chi connectivity index (χ1v) is 5.19. The third-order valence-corrected chi connectivity index (χ3v) is 2.65. The fourth-order valence-electron chi connectivity index (χ4n) is 1.73. The van der Waals surface area contributed by atoms with E-state index < -0.39 is 0 Å². The van der Waals surface area contributed by atoms with E-state index in [1.54, 1.807) is 0 Å². The predicted molar refractivity (Wildman–Crippen MR) is 64.1 cm³/mol. The normalized spacial score (nSPS) is 10.8. The lowest BCUT2D eigenvalue weighted by Gasteiger charge is -2.01. The minimum Gasteiger partial charge on any atom is -0.278 e. The van der Waals surface area contributed by atoms with Gasteiger partial charge in [-0.3, -0.25) is 10.1 Å². The van der Waals surface area contributed by atoms with E-state index in [4.69, 9.17) is 0 Å². The molecule has 0 amide bonds. The fraction of sp³-hybridized carbons (Fsp3) is 0.0769. The lowest BCUT2D eigenvalue weighted by Crippen LogP contribution is -1.83. The molecule has 0 aliphatic rings. The van der Waals surface area contributed by atoms with Gasteiger partial charge >= 0.3 is 0 Å². The van der Waals surface area contributed by atoms with Crippen molar-refractivity contribution in [1.82, 2.24) is 15.2 Å². The molecule has 3 aromatic rings. The second-order valence-corrected chi connectivity index (χ2v) is 3.89. The number of aromatic amines is 1. The number of benzene rings is 1. The Morgan fingerprint density at radius 3 is 2.81 bits per heavy atom. The molecule has 0 aliphatic heterocycles. The van der Waals surface area contributed by atoms with Crippen molar-refractivity contribution in [3.8, 4) is 11.3 Å². The van der Waals surface area contributed by atoms with Crippen LogP contribution in [0.1, 0.15) is 5.56 Å². The van der Waals surface area contributed by atoms with Crippen LogP contribution in [0.4, 0.5) is 0 Å². The molecule has 1 aromatic carbocycles. The van der Waals surface area contributed by atoms with E-state index in [0.717, 1.165) is 22.2 Å². The third-order valence-electron chi connectivity index (χ3n) is 2.65. The highest BCUT2D eigenvalue weighted by atomic mass is 15.1. The molecule has 3 rings (SSSR count). The number of hydrogen-bond acceptors (Lipinski definition) is 2. The van der Waals surface area contributed by atoms with Crippen molar-refractivity contribution in [2.45, 2.75) is 6.92 Å². The van der Waals surface area contributed by atoms with Crippen LogP contribution in [0.2, 0.25) is 0 Å². The molecule has 0 fully saturated rings. The van der Waals surface area contributed by atoms with Crippen LogP contribution in [0.5, 0.6) is 0 Å². The maximum atomic E-state index is 4.41. The lowest BCUT2D eigenvalue weighted by molar-refractivity contribution is 1.12. The molecule has 78 valence electrons. The highest BCUT2D eigenvalue weighted by Crippen LogP contribution is 2.21. The summed E-state index contributed by atoms with van der Waals surface area (Å²) in [7, 11) is 0. The van der Waals surface area contributed by atoms with Crippen LogP contribution in [0.15, 0.2) is 42.7 Å². The van der Waals surface area contributed by atoms with Gasteiger partial charge in [0.05, 0.1) is 17.4 Å². The molecule has 0 radical (unpaired) electrons. The molecule has 0 aliphatic carbocycles. The van der Waals surface area contributed by atoms with Gasteiger partial charge in [-0.2, -0.15) is 5.10 Å². The molecular formula is C13H11N3. The molecular weight excluding hydrogens is 198 g/mol. The summed E-state index contributed by atoms with van der Waals surface area (Å²) in [6.45, 7) is 2.04. The van der Waals surface area contributed by atoms with Crippen molar-refractivity contribution in [3.05, 3.63) is 48.3 Å². The first kappa shape index (κ1) is 9.09. The quantitative estimate of drug-likeness (QED) is 0.669. The van der Waals surface area contributed by atoms with Crippen molar-refractivity contribution in [3.63, 3.8) is 0 Å². The number of H-pyrrole nitrogens is 1. The van der Waals surface area contributed by atoms with E-state index in [1.807, 2.05) is 25.4 Å². The van der Waals surface area contributed by atoms with Gasteiger partial charge in [0.2, 0.25) is 0 Å². The number of fused-ring (bicyclic) bond motifs is 1. The summed E-state index contributed by atoms with van der Waals surface area (Å²) in [5.41, 5.74) is 4.31. The highest BCUT2D eigenvalue weighted by Gasteiger charge is 2.01. The number of aromatic nitrogens is 3. The van der Waals surface area contributed by atoms with Gasteiger partial charge in [-0.05, 0) is 24.6 Å². The Morgan fingerprint density at radius 2 is 2.00 bits per heavy atom. The smallest absolute Gasteiger partial charge is 0.0702 e. The summed E-state index contributed by atoms with van der Waals surface area (Å²) < 4.78 is 0. The summed E-state index contributed by atoms with van der Waals surface area (Å²) in [5, 5.41) is 8.09. The summed E-state index contributed by atoms with van der Waals surface area (Å²) >= 11 is 0. The molecule has 3 heteroatoms. The van der Waals surface area contributed by atoms with Crippen molar-refractivity contribution in [2.75, 3.05) is 0 Å². The largest absolute Gasteiger partial charge is 0.278 e. The standard InChI is InChI=1S/C13H11N3/c1-9-2-5-12(14-7-9)10-3-4-11-8-15-16-13(11)6-10/h2-8H,1H3,(H,15,16). The Labute approximate surface area is 93.2 Å². The van der Waals surface area contributed by atoms with E-state index in [9.17, 15) is 0 Å². The molecule has 2 aromatic heterocycles. The Balaban J connectivity index is 2.14. The zero-order valence-corrected chi connectivity index (χ0v) is 8.94. The van der Waals surface area contributed by atoms with Crippen LogP contribution in [-0.4, -0.2) is 15.2 Å². The molecule has 0 spiro atoms. The molecule has 0 saturated carbocycles. The van der Waals surface area contributed by atoms with Crippen LogP contribution in [0.25, 0.3) is 22.2 Å². The van der Waals surface area contributed by atoms with E-state index in [2.05, 4.69) is 39.4 Å². The van der Waals surface area contributed by atoms with Gasteiger partial charge in [-0.25, -0.2) is 0 Å². The minimum absolute atomic E-state index is 0.988. The maximum absolute atomic E-state index is 4.41. The van der Waals surface area contributed by atoms with Gasteiger partial charge in [0.15, 0.2) is 0 Å². The van der Waals surface area contributed by atoms with Gasteiger partial charge < -0.3 is 0 Å². The van der Waals surface area contributed by atoms with Gasteiger partial charge in [0.25, 0.3) is 0 Å². The van der Waals surface area contributed by atoms with E-state index in [-0.39, 0.29) is 0 Å². The number of pyridine rings is 1. The van der Waals surface area contributed by atoms with Crippen LogP contribution in [-0.2, 0) is 0 Å². The van der Waals surface area contributed by atoms with Gasteiger partial charge in [0, 0.05) is 17.1 Å². The van der Waals surface area contributed by atoms with Gasteiger partial charge in [0.1, 0.15) is 0 Å². The molecule has 0 atom stereocenters. The number of nitrogens with zero attached hydrogens (tertiary/aromatic N) is 2. The first-order valence-electron chi connectivity index (χ1n) is 5.19. The molecule has 1 N–H and O–H groups in total. The molecule has 0 saturated heterocycles. The van der Waals surface area contributed by atoms with E-state index in [1.165, 1.54) is 5.56 Å². The second-order valence-electron chi connectivity index (χ2n) is 3.89. The number of hydrogen-bond donors (Lipinski definition) is 1. The SMILES string of the molecule is Cc1ccc(-c2ccc3cn[nH]c3c2)nc1. The zero-order valence-electron chi connectivity index (χ0n) is 8.94. The molecule has 3 nitrogen and oxygen atoms in total. The van der Waals surface area contributed by atoms with Crippen molar-refractivity contribution in [1.29, 1.82) is 0 Å². The molecule has 2 heterocycles. The molecule has 0 bridgehead atoms. The number of nitrogens with one attached hydrogen (secondary N) is 1. The monoisotopic (exact) mass is 209 g/mol. The number of rotatable bonds is 1. The van der Waals surface area contributed by atoms with Crippen molar-refractivity contribution in [2.24, 2.45) is 0 Å². The van der Waals surface area contributed by atoms with Gasteiger partial charge in [-0.1, -0.05) is 18.2 Å². The van der Waals surface area contributed by atoms with Gasteiger partial charge in [-0.15, -0.1) is 0 Å². The van der Waals surface area contributed by atoms with Crippen LogP contribution < -0.4 is 0 Å². The lowest BCUT2D eigenvalue weighted by atomic mass is 10.1. The second kappa shape index (κ2) is 3.45. The maximum Gasteiger partial charge on any atom is 0.0702 e. The van der Waals surface area contributed by atoms with Crippen molar-refractivity contribution >= 4 is 10.9 Å². The topological polar surface area (TPSA) is 41.6 Å². The Morgan fingerprint density at radius 1 is 1.06 bits per heavy atom. The van der Waals surface area contributed by atoms with Crippen molar-refractivity contribution < 1.29 is 0 Å². The summed E-state index contributed by atoms with van der Waals surface area (Å²) in [4.78, 5) is 4.41. The average molecular weight is 209 g/mol. The highest BCUT2D eigenvalue weighted by molar-refractivity contribution is 5.82. The zero-order chi connectivity index (χ0) is 11.0. The summed E-state index contributed by atoms with van der Waals surface area (Å²) in [5.74, 6) is 0. The van der Waals surface area contributed by atoms with Crippen LogP contribution in [0.3, 0.4) is 0 Å². The van der Waals surface area contributed by atoms with E-state index >= 15 is 0 Å². The molecule has 16 heavy (non-hydrogen) atoms. The predicted octanol–water partition coefficient (Wildman–Crippen LogP) is 2.93. The Kier molecular flexibility index (Phi) is 1.96.